The highest BCUT2D eigenvalue weighted by Gasteiger charge is 2.19. The lowest BCUT2D eigenvalue weighted by Gasteiger charge is -2.21. The number of hydrogen-bond acceptors (Lipinski definition) is 3. The Kier molecular flexibility index (Phi) is 7.28. The molecule has 5 nitrogen and oxygen atoms in total. The first-order valence-corrected chi connectivity index (χ1v) is 5.66. The Balaban J connectivity index is 0.00000144. The van der Waals surface area contributed by atoms with E-state index in [2.05, 4.69) is 15.5 Å². The van der Waals surface area contributed by atoms with E-state index in [4.69, 9.17) is 0 Å². The predicted octanol–water partition coefficient (Wildman–Crippen LogP) is 1.42. The van der Waals surface area contributed by atoms with Gasteiger partial charge in [0.2, 0.25) is 0 Å². The fourth-order valence-electron chi connectivity index (χ4n) is 2.00. The average molecular weight is 295 g/mol. The molecule has 0 saturated carbocycles. The maximum absolute atomic E-state index is 11.7. The van der Waals surface area contributed by atoms with Gasteiger partial charge in [0.1, 0.15) is 5.69 Å². The molecule has 2 rings (SSSR count). The highest BCUT2D eigenvalue weighted by Crippen LogP contribution is 2.21. The van der Waals surface area contributed by atoms with Gasteiger partial charge in [-0.05, 0) is 25.5 Å². The van der Waals surface area contributed by atoms with Gasteiger partial charge >= 0.3 is 0 Å². The summed E-state index contributed by atoms with van der Waals surface area (Å²) >= 11 is 0. The summed E-state index contributed by atoms with van der Waals surface area (Å²) in [5.41, 5.74) is 1.57. The quantitative estimate of drug-likeness (QED) is 0.867. The maximum Gasteiger partial charge on any atom is 0.273 e. The number of aromatic nitrogens is 2. The molecular weight excluding hydrogens is 275 g/mol. The van der Waals surface area contributed by atoms with E-state index in [1.54, 1.807) is 19.0 Å². The second-order valence-electron chi connectivity index (χ2n) is 4.45. The minimum atomic E-state index is -0.0498. The zero-order valence-electron chi connectivity index (χ0n) is 10.6. The van der Waals surface area contributed by atoms with Crippen LogP contribution < -0.4 is 5.32 Å². The van der Waals surface area contributed by atoms with Gasteiger partial charge in [-0.3, -0.25) is 9.89 Å². The number of nitrogens with zero attached hydrogens (tertiary/aromatic N) is 2. The highest BCUT2D eigenvalue weighted by molar-refractivity contribution is 5.92. The van der Waals surface area contributed by atoms with Gasteiger partial charge in [0, 0.05) is 32.3 Å². The van der Waals surface area contributed by atoms with Crippen LogP contribution in [0.1, 0.15) is 34.9 Å². The molecule has 0 aromatic carbocycles. The van der Waals surface area contributed by atoms with Gasteiger partial charge in [-0.15, -0.1) is 24.8 Å². The third-order valence-corrected chi connectivity index (χ3v) is 2.96. The summed E-state index contributed by atoms with van der Waals surface area (Å²) in [6.45, 7) is 2.06. The molecule has 1 saturated heterocycles. The van der Waals surface area contributed by atoms with Crippen LogP contribution in [0, 0.1) is 0 Å². The molecular formula is C11H20Cl2N4O. The van der Waals surface area contributed by atoms with Crippen molar-refractivity contribution < 1.29 is 4.79 Å². The number of amides is 1. The Labute approximate surface area is 120 Å². The average Bonchev–Trinajstić information content (AvgIpc) is 2.78. The van der Waals surface area contributed by atoms with E-state index in [0.717, 1.165) is 25.2 Å². The number of H-pyrrole nitrogens is 1. The number of nitrogens with one attached hydrogen (secondary N) is 2. The molecule has 1 fully saturated rings. The minimum Gasteiger partial charge on any atom is -0.343 e. The Morgan fingerprint density at radius 2 is 2.17 bits per heavy atom. The third kappa shape index (κ3) is 3.86. The molecule has 0 bridgehead atoms. The van der Waals surface area contributed by atoms with Crippen LogP contribution >= 0.6 is 24.8 Å². The van der Waals surface area contributed by atoms with Crippen molar-refractivity contribution in [2.24, 2.45) is 0 Å². The van der Waals surface area contributed by atoms with Crippen molar-refractivity contribution in [3.8, 4) is 0 Å². The number of aromatic amines is 1. The van der Waals surface area contributed by atoms with E-state index >= 15 is 0 Å². The first-order chi connectivity index (χ1) is 7.68. The van der Waals surface area contributed by atoms with Crippen LogP contribution in [0.4, 0.5) is 0 Å². The number of halogens is 2. The first-order valence-electron chi connectivity index (χ1n) is 5.66. The van der Waals surface area contributed by atoms with E-state index in [9.17, 15) is 4.79 Å². The van der Waals surface area contributed by atoms with Crippen LogP contribution in [0.25, 0.3) is 0 Å². The molecule has 0 aliphatic carbocycles. The molecule has 2 N–H and O–H groups in total. The van der Waals surface area contributed by atoms with Gasteiger partial charge in [-0.1, -0.05) is 0 Å². The SMILES string of the molecule is CN(C)C(=O)c1cc(C2CCCNC2)[nH]n1.Cl.Cl. The standard InChI is InChI=1S/C11H18N4O.2ClH/c1-15(2)11(16)10-6-9(13-14-10)8-4-3-5-12-7-8;;/h6,8,12H,3-5,7H2,1-2H3,(H,13,14);2*1H. The molecule has 0 radical (unpaired) electrons. The molecule has 1 atom stereocenters. The number of hydrogen-bond donors (Lipinski definition) is 2. The topological polar surface area (TPSA) is 61.0 Å². The number of rotatable bonds is 2. The molecule has 104 valence electrons. The van der Waals surface area contributed by atoms with Gasteiger partial charge < -0.3 is 10.2 Å². The van der Waals surface area contributed by atoms with Crippen molar-refractivity contribution in [2.75, 3.05) is 27.2 Å². The van der Waals surface area contributed by atoms with Crippen LogP contribution in [0.2, 0.25) is 0 Å². The predicted molar refractivity (Wildman–Crippen MR) is 75.9 cm³/mol. The molecule has 2 heterocycles. The van der Waals surface area contributed by atoms with Crippen molar-refractivity contribution in [1.82, 2.24) is 20.4 Å². The van der Waals surface area contributed by atoms with Gasteiger partial charge in [0.15, 0.2) is 0 Å². The number of carbonyl (C=O) groups is 1. The lowest BCUT2D eigenvalue weighted by Crippen LogP contribution is -2.28. The molecule has 1 aromatic heterocycles. The Bertz CT molecular complexity index is 375. The van der Waals surface area contributed by atoms with Crippen molar-refractivity contribution in [1.29, 1.82) is 0 Å². The monoisotopic (exact) mass is 294 g/mol. The van der Waals surface area contributed by atoms with Crippen molar-refractivity contribution >= 4 is 30.7 Å². The zero-order valence-corrected chi connectivity index (χ0v) is 12.2. The van der Waals surface area contributed by atoms with E-state index < -0.39 is 0 Å². The molecule has 1 aliphatic rings. The third-order valence-electron chi connectivity index (χ3n) is 2.96. The highest BCUT2D eigenvalue weighted by atomic mass is 35.5. The molecule has 1 aliphatic heterocycles. The summed E-state index contributed by atoms with van der Waals surface area (Å²) in [6.07, 6.45) is 2.34. The second kappa shape index (κ2) is 7.61. The number of piperidine rings is 1. The van der Waals surface area contributed by atoms with Gasteiger partial charge in [0.25, 0.3) is 5.91 Å². The lowest BCUT2D eigenvalue weighted by molar-refractivity contribution is 0.0822. The van der Waals surface area contributed by atoms with Crippen LogP contribution in [0.3, 0.4) is 0 Å². The summed E-state index contributed by atoms with van der Waals surface area (Å²) in [5, 5.41) is 10.4. The Hall–Kier alpha value is -0.780. The summed E-state index contributed by atoms with van der Waals surface area (Å²) in [4.78, 5) is 13.2. The minimum absolute atomic E-state index is 0. The lowest BCUT2D eigenvalue weighted by atomic mass is 9.96. The fraction of sp³-hybridized carbons (Fsp3) is 0.636. The normalized spacial score (nSPS) is 18.4. The molecule has 7 heteroatoms. The van der Waals surface area contributed by atoms with Gasteiger partial charge in [-0.2, -0.15) is 5.10 Å². The smallest absolute Gasteiger partial charge is 0.273 e. The van der Waals surface area contributed by atoms with Crippen molar-refractivity contribution in [3.05, 3.63) is 17.5 Å². The number of carbonyl (C=O) groups excluding carboxylic acids is 1. The van der Waals surface area contributed by atoms with Crippen LogP contribution in [-0.2, 0) is 0 Å². The fourth-order valence-corrected chi connectivity index (χ4v) is 2.00. The Morgan fingerprint density at radius 3 is 2.72 bits per heavy atom. The van der Waals surface area contributed by atoms with Crippen LogP contribution in [-0.4, -0.2) is 48.2 Å². The van der Waals surface area contributed by atoms with Gasteiger partial charge in [-0.25, -0.2) is 0 Å². The zero-order chi connectivity index (χ0) is 11.5. The van der Waals surface area contributed by atoms with E-state index in [-0.39, 0.29) is 30.7 Å². The maximum atomic E-state index is 11.7. The summed E-state index contributed by atoms with van der Waals surface area (Å²) in [7, 11) is 3.47. The van der Waals surface area contributed by atoms with E-state index in [0.29, 0.717) is 11.6 Å². The van der Waals surface area contributed by atoms with Crippen molar-refractivity contribution in [3.63, 3.8) is 0 Å². The summed E-state index contributed by atoms with van der Waals surface area (Å²) in [6, 6.07) is 1.88. The van der Waals surface area contributed by atoms with Crippen LogP contribution in [0.15, 0.2) is 6.07 Å². The van der Waals surface area contributed by atoms with E-state index in [1.807, 2.05) is 6.07 Å². The molecule has 1 aromatic rings. The molecule has 1 unspecified atom stereocenters. The summed E-state index contributed by atoms with van der Waals surface area (Å²) in [5.74, 6) is 0.413. The largest absolute Gasteiger partial charge is 0.343 e. The first kappa shape index (κ1) is 17.2. The van der Waals surface area contributed by atoms with E-state index in [1.165, 1.54) is 6.42 Å². The summed E-state index contributed by atoms with van der Waals surface area (Å²) < 4.78 is 0. The second-order valence-corrected chi connectivity index (χ2v) is 4.45. The Morgan fingerprint density at radius 1 is 1.44 bits per heavy atom. The van der Waals surface area contributed by atoms with Gasteiger partial charge in [0.05, 0.1) is 0 Å². The van der Waals surface area contributed by atoms with Crippen LogP contribution in [0.5, 0.6) is 0 Å². The molecule has 1 amide bonds. The molecule has 0 spiro atoms. The van der Waals surface area contributed by atoms with Crippen molar-refractivity contribution in [2.45, 2.75) is 18.8 Å². The molecule has 18 heavy (non-hydrogen) atoms.